The van der Waals surface area contributed by atoms with Crippen molar-refractivity contribution in [2.45, 2.75) is 6.54 Å². The third kappa shape index (κ3) is 3.36. The molecule has 2 N–H and O–H groups in total. The highest BCUT2D eigenvalue weighted by Crippen LogP contribution is 2.33. The quantitative estimate of drug-likeness (QED) is 0.895. The molecule has 0 aliphatic rings. The molecule has 0 atom stereocenters. The minimum atomic E-state index is -0.981. The van der Waals surface area contributed by atoms with Crippen molar-refractivity contribution >= 4 is 23.0 Å². The van der Waals surface area contributed by atoms with Gasteiger partial charge in [-0.05, 0) is 29.8 Å². The van der Waals surface area contributed by atoms with Gasteiger partial charge in [0.15, 0.2) is 17.4 Å². The Morgan fingerprint density at radius 3 is 2.38 bits per heavy atom. The zero-order valence-electron chi connectivity index (χ0n) is 11.6. The highest BCUT2D eigenvalue weighted by molar-refractivity contribution is 6.34. The predicted octanol–water partition coefficient (Wildman–Crippen LogP) is 4.00. The average molecular weight is 313 g/mol. The van der Waals surface area contributed by atoms with Gasteiger partial charge in [-0.15, -0.1) is 0 Å². The van der Waals surface area contributed by atoms with Crippen molar-refractivity contribution in [1.82, 2.24) is 0 Å². The Labute approximate surface area is 126 Å². The third-order valence-electron chi connectivity index (χ3n) is 2.99. The second-order valence-electron chi connectivity index (χ2n) is 4.79. The normalized spacial score (nSPS) is 10.5. The maximum absolute atomic E-state index is 13.3. The van der Waals surface area contributed by atoms with Crippen molar-refractivity contribution in [3.8, 4) is 5.75 Å². The number of nitrogens with one attached hydrogen (secondary N) is 1. The first-order chi connectivity index (χ1) is 9.90. The number of rotatable bonds is 4. The first kappa shape index (κ1) is 15.4. The topological polar surface area (TPSA) is 35.5 Å². The molecule has 0 saturated carbocycles. The molecular weight excluding hydrogens is 298 g/mol. The summed E-state index contributed by atoms with van der Waals surface area (Å²) in [6.45, 7) is 0.204. The number of aromatic hydroxyl groups is 1. The van der Waals surface area contributed by atoms with E-state index < -0.39 is 17.4 Å². The molecule has 0 radical (unpaired) electrons. The van der Waals surface area contributed by atoms with Crippen molar-refractivity contribution in [2.24, 2.45) is 0 Å². The number of para-hydroxylation sites is 1. The molecule has 0 saturated heterocycles. The molecule has 0 unspecified atom stereocenters. The number of benzene rings is 2. The smallest absolute Gasteiger partial charge is 0.187 e. The van der Waals surface area contributed by atoms with E-state index in [0.717, 1.165) is 23.5 Å². The molecule has 0 fully saturated rings. The van der Waals surface area contributed by atoms with Crippen LogP contribution < -0.4 is 10.2 Å². The minimum Gasteiger partial charge on any atom is -0.503 e. The molecule has 3 nitrogen and oxygen atoms in total. The summed E-state index contributed by atoms with van der Waals surface area (Å²) < 4.78 is 26.6. The standard InChI is InChI=1S/C15H15ClF2N2O/c1-20(2)14-10(16)4-3-5-13(14)19-8-9-6-11(17)15(21)12(18)7-9/h3-7,19,21H,8H2,1-2H3. The van der Waals surface area contributed by atoms with Gasteiger partial charge in [0.05, 0.1) is 16.4 Å². The lowest BCUT2D eigenvalue weighted by Gasteiger charge is -2.20. The van der Waals surface area contributed by atoms with Gasteiger partial charge in [0, 0.05) is 20.6 Å². The number of halogens is 3. The van der Waals surface area contributed by atoms with Crippen LogP contribution in [0.25, 0.3) is 0 Å². The Morgan fingerprint density at radius 2 is 1.81 bits per heavy atom. The summed E-state index contributed by atoms with van der Waals surface area (Å²) in [5.41, 5.74) is 1.92. The van der Waals surface area contributed by atoms with Crippen LogP contribution in [0.15, 0.2) is 30.3 Å². The van der Waals surface area contributed by atoms with Gasteiger partial charge < -0.3 is 15.3 Å². The van der Waals surface area contributed by atoms with Crippen molar-refractivity contribution < 1.29 is 13.9 Å². The van der Waals surface area contributed by atoms with E-state index in [1.165, 1.54) is 0 Å². The number of hydrogen-bond donors (Lipinski definition) is 2. The Bertz CT molecular complexity index is 639. The Balaban J connectivity index is 2.23. The van der Waals surface area contributed by atoms with E-state index >= 15 is 0 Å². The van der Waals surface area contributed by atoms with E-state index in [-0.39, 0.29) is 6.54 Å². The van der Waals surface area contributed by atoms with Gasteiger partial charge in [0.1, 0.15) is 0 Å². The minimum absolute atomic E-state index is 0.204. The molecule has 0 aliphatic carbocycles. The molecule has 0 aromatic heterocycles. The first-order valence-electron chi connectivity index (χ1n) is 6.26. The zero-order chi connectivity index (χ0) is 15.6. The Hall–Kier alpha value is -2.01. The molecule has 2 aromatic carbocycles. The maximum Gasteiger partial charge on any atom is 0.187 e. The van der Waals surface area contributed by atoms with Crippen LogP contribution in [0.4, 0.5) is 20.2 Å². The molecule has 0 aliphatic heterocycles. The van der Waals surface area contributed by atoms with E-state index in [9.17, 15) is 8.78 Å². The molecule has 6 heteroatoms. The molecule has 21 heavy (non-hydrogen) atoms. The van der Waals surface area contributed by atoms with Gasteiger partial charge >= 0.3 is 0 Å². The molecule has 112 valence electrons. The highest BCUT2D eigenvalue weighted by atomic mass is 35.5. The Kier molecular flexibility index (Phi) is 4.53. The van der Waals surface area contributed by atoms with Gasteiger partial charge in [0.2, 0.25) is 0 Å². The number of anilines is 2. The Morgan fingerprint density at radius 1 is 1.19 bits per heavy atom. The summed E-state index contributed by atoms with van der Waals surface area (Å²) in [4.78, 5) is 1.85. The third-order valence-corrected chi connectivity index (χ3v) is 3.30. The maximum atomic E-state index is 13.3. The van der Waals surface area contributed by atoms with Gasteiger partial charge in [-0.3, -0.25) is 0 Å². The summed E-state index contributed by atoms with van der Waals surface area (Å²) in [6.07, 6.45) is 0. The van der Waals surface area contributed by atoms with Crippen LogP contribution in [0.1, 0.15) is 5.56 Å². The van der Waals surface area contributed by atoms with Crippen molar-refractivity contribution in [3.63, 3.8) is 0 Å². The lowest BCUT2D eigenvalue weighted by molar-refractivity contribution is 0.395. The number of phenolic OH excluding ortho intramolecular Hbond substituents is 1. The molecule has 0 heterocycles. The van der Waals surface area contributed by atoms with E-state index in [1.54, 1.807) is 12.1 Å². The van der Waals surface area contributed by atoms with Crippen LogP contribution >= 0.6 is 11.6 Å². The van der Waals surface area contributed by atoms with Crippen LogP contribution in [0.5, 0.6) is 5.75 Å². The van der Waals surface area contributed by atoms with Crippen molar-refractivity contribution in [1.29, 1.82) is 0 Å². The number of nitrogens with zero attached hydrogens (tertiary/aromatic N) is 1. The summed E-state index contributed by atoms with van der Waals surface area (Å²) in [5.74, 6) is -2.92. The van der Waals surface area contributed by atoms with E-state index in [1.807, 2.05) is 25.1 Å². The van der Waals surface area contributed by atoms with Crippen molar-refractivity contribution in [3.05, 3.63) is 52.6 Å². The summed E-state index contributed by atoms with van der Waals surface area (Å²) >= 11 is 6.14. The molecular formula is C15H15ClF2N2O. The van der Waals surface area contributed by atoms with Gasteiger partial charge in [-0.25, -0.2) is 8.78 Å². The monoisotopic (exact) mass is 312 g/mol. The lowest BCUT2D eigenvalue weighted by atomic mass is 10.2. The largest absolute Gasteiger partial charge is 0.503 e. The van der Waals surface area contributed by atoms with Crippen molar-refractivity contribution in [2.75, 3.05) is 24.3 Å². The SMILES string of the molecule is CN(C)c1c(Cl)cccc1NCc1cc(F)c(O)c(F)c1. The summed E-state index contributed by atoms with van der Waals surface area (Å²) in [5, 5.41) is 12.7. The lowest BCUT2D eigenvalue weighted by Crippen LogP contribution is -2.13. The molecule has 0 bridgehead atoms. The fourth-order valence-electron chi connectivity index (χ4n) is 2.03. The first-order valence-corrected chi connectivity index (χ1v) is 6.64. The number of phenols is 1. The van der Waals surface area contributed by atoms with Crippen LogP contribution in [0.2, 0.25) is 5.02 Å². The summed E-state index contributed by atoms with van der Waals surface area (Å²) in [7, 11) is 3.71. The van der Waals surface area contributed by atoms with E-state index in [4.69, 9.17) is 16.7 Å². The predicted molar refractivity (Wildman–Crippen MR) is 81.1 cm³/mol. The number of hydrogen-bond acceptors (Lipinski definition) is 3. The van der Waals surface area contributed by atoms with E-state index in [2.05, 4.69) is 5.32 Å². The fourth-order valence-corrected chi connectivity index (χ4v) is 2.37. The average Bonchev–Trinajstić information content (AvgIpc) is 2.41. The summed E-state index contributed by atoms with van der Waals surface area (Å²) in [6, 6.07) is 7.56. The highest BCUT2D eigenvalue weighted by Gasteiger charge is 2.11. The molecule has 2 rings (SSSR count). The zero-order valence-corrected chi connectivity index (χ0v) is 12.4. The van der Waals surface area contributed by atoms with Gasteiger partial charge in [-0.2, -0.15) is 0 Å². The second kappa shape index (κ2) is 6.18. The van der Waals surface area contributed by atoms with Crippen LogP contribution in [-0.2, 0) is 6.54 Å². The van der Waals surface area contributed by atoms with Gasteiger partial charge in [0.25, 0.3) is 0 Å². The van der Waals surface area contributed by atoms with E-state index in [0.29, 0.717) is 10.6 Å². The fraction of sp³-hybridized carbons (Fsp3) is 0.200. The molecule has 2 aromatic rings. The molecule has 0 spiro atoms. The van der Waals surface area contributed by atoms with Gasteiger partial charge in [-0.1, -0.05) is 17.7 Å². The van der Waals surface area contributed by atoms with Crippen LogP contribution in [0, 0.1) is 11.6 Å². The van der Waals surface area contributed by atoms with Crippen LogP contribution in [0.3, 0.4) is 0 Å². The molecule has 0 amide bonds. The van der Waals surface area contributed by atoms with Crippen LogP contribution in [-0.4, -0.2) is 19.2 Å². The second-order valence-corrected chi connectivity index (χ2v) is 5.20.